The van der Waals surface area contributed by atoms with Gasteiger partial charge in [0.05, 0.1) is 10.9 Å². The van der Waals surface area contributed by atoms with E-state index in [0.717, 1.165) is 29.5 Å². The summed E-state index contributed by atoms with van der Waals surface area (Å²) in [5.41, 5.74) is 3.19. The van der Waals surface area contributed by atoms with E-state index in [-0.39, 0.29) is 6.01 Å². The third-order valence-electron chi connectivity index (χ3n) is 4.58. The van der Waals surface area contributed by atoms with Crippen molar-refractivity contribution in [2.45, 2.75) is 26.7 Å². The molecule has 0 radical (unpaired) electrons. The van der Waals surface area contributed by atoms with E-state index in [2.05, 4.69) is 35.9 Å². The van der Waals surface area contributed by atoms with Gasteiger partial charge in [-0.25, -0.2) is 0 Å². The highest BCUT2D eigenvalue weighted by Gasteiger charge is 2.12. The van der Waals surface area contributed by atoms with E-state index in [1.807, 2.05) is 60.7 Å². The molecule has 28 heavy (non-hydrogen) atoms. The second kappa shape index (κ2) is 8.09. The molecule has 140 valence electrons. The lowest BCUT2D eigenvalue weighted by Crippen LogP contribution is -1.97. The highest BCUT2D eigenvalue weighted by molar-refractivity contribution is 5.84. The fourth-order valence-corrected chi connectivity index (χ4v) is 3.03. The average Bonchev–Trinajstić information content (AvgIpc) is 2.74. The average molecular weight is 370 g/mol. The number of aromatic nitrogens is 2. The Labute approximate surface area is 164 Å². The van der Waals surface area contributed by atoms with Crippen molar-refractivity contribution in [3.63, 3.8) is 0 Å². The van der Waals surface area contributed by atoms with Crippen LogP contribution >= 0.6 is 0 Å². The van der Waals surface area contributed by atoms with Gasteiger partial charge in [0.15, 0.2) is 0 Å². The second-order valence-corrected chi connectivity index (χ2v) is 6.53. The van der Waals surface area contributed by atoms with Crippen molar-refractivity contribution in [3.8, 4) is 23.4 Å². The maximum atomic E-state index is 6.13. The minimum absolute atomic E-state index is 0.272. The van der Waals surface area contributed by atoms with E-state index in [9.17, 15) is 0 Å². The first-order chi connectivity index (χ1) is 13.7. The molecule has 4 nitrogen and oxygen atoms in total. The Morgan fingerprint density at radius 2 is 1.32 bits per heavy atom. The molecule has 1 heterocycles. The lowest BCUT2D eigenvalue weighted by Gasteiger charge is -2.11. The van der Waals surface area contributed by atoms with Crippen LogP contribution in [0.5, 0.6) is 23.4 Å². The fraction of sp³-hybridized carbons (Fsp3) is 0.167. The van der Waals surface area contributed by atoms with Crippen molar-refractivity contribution in [1.82, 2.24) is 9.97 Å². The summed E-state index contributed by atoms with van der Waals surface area (Å²) in [4.78, 5) is 9.10. The zero-order valence-corrected chi connectivity index (χ0v) is 16.1. The van der Waals surface area contributed by atoms with Crippen molar-refractivity contribution < 1.29 is 9.47 Å². The minimum Gasteiger partial charge on any atom is -0.438 e. The molecular weight excluding hydrogens is 348 g/mol. The largest absolute Gasteiger partial charge is 0.438 e. The third kappa shape index (κ3) is 3.96. The van der Waals surface area contributed by atoms with Gasteiger partial charge in [-0.1, -0.05) is 50.2 Å². The molecule has 0 unspecified atom stereocenters. The normalized spacial score (nSPS) is 10.8. The van der Waals surface area contributed by atoms with Crippen LogP contribution in [0.1, 0.15) is 25.0 Å². The number of rotatable bonds is 6. The van der Waals surface area contributed by atoms with Gasteiger partial charge in [-0.3, -0.25) is 0 Å². The maximum Gasteiger partial charge on any atom is 0.325 e. The van der Waals surface area contributed by atoms with Gasteiger partial charge in [0.2, 0.25) is 5.88 Å². The topological polar surface area (TPSA) is 44.2 Å². The first kappa shape index (κ1) is 18.0. The summed E-state index contributed by atoms with van der Waals surface area (Å²) in [7, 11) is 0. The SMILES string of the molecule is CCc1cccc(Oc2nc(Oc3cccc(CC)c3)c3ccccc3n2)c1. The summed E-state index contributed by atoms with van der Waals surface area (Å²) in [5, 5.41) is 0.846. The number of hydrogen-bond acceptors (Lipinski definition) is 4. The van der Waals surface area contributed by atoms with Gasteiger partial charge < -0.3 is 9.47 Å². The summed E-state index contributed by atoms with van der Waals surface area (Å²) >= 11 is 0. The van der Waals surface area contributed by atoms with Crippen LogP contribution in [0.15, 0.2) is 72.8 Å². The van der Waals surface area contributed by atoms with Crippen molar-refractivity contribution in [3.05, 3.63) is 83.9 Å². The molecule has 4 aromatic rings. The van der Waals surface area contributed by atoms with Crippen LogP contribution in [-0.4, -0.2) is 9.97 Å². The van der Waals surface area contributed by atoms with Crippen LogP contribution in [0, 0.1) is 0 Å². The van der Waals surface area contributed by atoms with E-state index in [1.54, 1.807) is 0 Å². The number of para-hydroxylation sites is 1. The standard InChI is InChI=1S/C24H22N2O2/c1-3-17-9-7-11-19(15-17)27-23-21-13-5-6-14-22(21)25-24(26-23)28-20-12-8-10-18(4-2)16-20/h5-16H,3-4H2,1-2H3. The van der Waals surface area contributed by atoms with Gasteiger partial charge in [0.25, 0.3) is 0 Å². The van der Waals surface area contributed by atoms with Crippen LogP contribution in [0.2, 0.25) is 0 Å². The molecule has 4 heteroatoms. The molecule has 4 rings (SSSR count). The summed E-state index contributed by atoms with van der Waals surface area (Å²) in [6.07, 6.45) is 1.89. The van der Waals surface area contributed by atoms with E-state index in [1.165, 1.54) is 11.1 Å². The molecule has 0 aliphatic rings. The quantitative estimate of drug-likeness (QED) is 0.397. The second-order valence-electron chi connectivity index (χ2n) is 6.53. The predicted molar refractivity (Wildman–Crippen MR) is 111 cm³/mol. The van der Waals surface area contributed by atoms with Gasteiger partial charge in [-0.15, -0.1) is 0 Å². The predicted octanol–water partition coefficient (Wildman–Crippen LogP) is 6.34. The molecule has 0 spiro atoms. The minimum atomic E-state index is 0.272. The molecule has 3 aromatic carbocycles. The number of ether oxygens (including phenoxy) is 2. The van der Waals surface area contributed by atoms with Crippen molar-refractivity contribution in [1.29, 1.82) is 0 Å². The lowest BCUT2D eigenvalue weighted by atomic mass is 10.2. The molecule has 0 bridgehead atoms. The third-order valence-corrected chi connectivity index (χ3v) is 4.58. The van der Waals surface area contributed by atoms with Gasteiger partial charge in [0.1, 0.15) is 11.5 Å². The van der Waals surface area contributed by atoms with E-state index in [4.69, 9.17) is 9.47 Å². The number of nitrogens with zero attached hydrogens (tertiary/aromatic N) is 2. The molecular formula is C24H22N2O2. The number of hydrogen-bond donors (Lipinski definition) is 0. The zero-order chi connectivity index (χ0) is 19.3. The van der Waals surface area contributed by atoms with Crippen LogP contribution < -0.4 is 9.47 Å². The smallest absolute Gasteiger partial charge is 0.325 e. The van der Waals surface area contributed by atoms with Crippen molar-refractivity contribution in [2.24, 2.45) is 0 Å². The highest BCUT2D eigenvalue weighted by Crippen LogP contribution is 2.31. The fourth-order valence-electron chi connectivity index (χ4n) is 3.03. The van der Waals surface area contributed by atoms with Crippen LogP contribution in [0.4, 0.5) is 0 Å². The highest BCUT2D eigenvalue weighted by atomic mass is 16.5. The van der Waals surface area contributed by atoms with Crippen molar-refractivity contribution >= 4 is 10.9 Å². The Hall–Kier alpha value is -3.40. The summed E-state index contributed by atoms with van der Waals surface area (Å²) < 4.78 is 12.1. The van der Waals surface area contributed by atoms with Crippen LogP contribution in [0.25, 0.3) is 10.9 Å². The van der Waals surface area contributed by atoms with E-state index >= 15 is 0 Å². The molecule has 0 saturated heterocycles. The Kier molecular flexibility index (Phi) is 5.20. The molecule has 1 aromatic heterocycles. The molecule has 0 N–H and O–H groups in total. The summed E-state index contributed by atoms with van der Waals surface area (Å²) in [6, 6.07) is 24.0. The maximum absolute atomic E-state index is 6.13. The molecule has 0 atom stereocenters. The Bertz CT molecular complexity index is 1110. The molecule has 0 aliphatic heterocycles. The van der Waals surface area contributed by atoms with Gasteiger partial charge >= 0.3 is 6.01 Å². The Balaban J connectivity index is 1.72. The summed E-state index contributed by atoms with van der Waals surface area (Å²) in [5.74, 6) is 1.95. The van der Waals surface area contributed by atoms with Crippen LogP contribution in [0.3, 0.4) is 0 Å². The van der Waals surface area contributed by atoms with Gasteiger partial charge in [0, 0.05) is 0 Å². The zero-order valence-electron chi connectivity index (χ0n) is 16.1. The molecule has 0 fully saturated rings. The van der Waals surface area contributed by atoms with Crippen molar-refractivity contribution in [2.75, 3.05) is 0 Å². The Morgan fingerprint density at radius 1 is 0.679 bits per heavy atom. The number of fused-ring (bicyclic) bond motifs is 1. The first-order valence-electron chi connectivity index (χ1n) is 9.55. The summed E-state index contributed by atoms with van der Waals surface area (Å²) in [6.45, 7) is 4.23. The molecule has 0 saturated carbocycles. The molecule has 0 amide bonds. The first-order valence-corrected chi connectivity index (χ1v) is 9.55. The Morgan fingerprint density at radius 3 is 2.00 bits per heavy atom. The number of benzene rings is 3. The van der Waals surface area contributed by atoms with E-state index in [0.29, 0.717) is 11.6 Å². The number of aryl methyl sites for hydroxylation is 2. The molecule has 0 aliphatic carbocycles. The van der Waals surface area contributed by atoms with Crippen LogP contribution in [-0.2, 0) is 12.8 Å². The van der Waals surface area contributed by atoms with Gasteiger partial charge in [-0.05, 0) is 60.4 Å². The van der Waals surface area contributed by atoms with E-state index < -0.39 is 0 Å². The lowest BCUT2D eigenvalue weighted by molar-refractivity contribution is 0.417. The monoisotopic (exact) mass is 370 g/mol. The van der Waals surface area contributed by atoms with Gasteiger partial charge in [-0.2, -0.15) is 9.97 Å².